The van der Waals surface area contributed by atoms with Crippen LogP contribution in [-0.2, 0) is 10.8 Å². The minimum absolute atomic E-state index is 0.0348. The second-order valence-corrected chi connectivity index (χ2v) is 17.9. The number of H-pyrrole nitrogens is 1. The average Bonchev–Trinajstić information content (AvgIpc) is 3.53. The number of hydrogen-bond acceptors (Lipinski definition) is 5. The van der Waals surface area contributed by atoms with Gasteiger partial charge in [-0.15, -0.1) is 11.6 Å². The minimum Gasteiger partial charge on any atom is -0.495 e. The lowest BCUT2D eigenvalue weighted by molar-refractivity contribution is 0.256. The van der Waals surface area contributed by atoms with Gasteiger partial charge in [-0.2, -0.15) is 5.10 Å². The topological polar surface area (TPSA) is 68.2 Å². The second kappa shape index (κ2) is 11.5. The molecule has 1 N–H and O–H groups in total. The third kappa shape index (κ3) is 5.98. The number of aryl methyl sites for hydroxylation is 1. The molecule has 0 saturated heterocycles. The van der Waals surface area contributed by atoms with Gasteiger partial charge in [0.15, 0.2) is 14.1 Å². The van der Waals surface area contributed by atoms with Gasteiger partial charge in [0.05, 0.1) is 48.5 Å². The third-order valence-corrected chi connectivity index (χ3v) is 13.2. The van der Waals surface area contributed by atoms with Crippen LogP contribution in [0, 0.1) is 18.6 Å². The number of rotatable bonds is 8. The summed E-state index contributed by atoms with van der Waals surface area (Å²) in [6, 6.07) is 9.07. The van der Waals surface area contributed by atoms with Gasteiger partial charge >= 0.3 is 0 Å². The predicted molar refractivity (Wildman–Crippen MR) is 165 cm³/mol. The highest BCUT2D eigenvalue weighted by atomic mass is 35.5. The molecule has 42 heavy (non-hydrogen) atoms. The molecule has 0 fully saturated rings. The molecule has 11 heteroatoms. The van der Waals surface area contributed by atoms with Gasteiger partial charge < -0.3 is 18.6 Å². The minimum atomic E-state index is -2.19. The van der Waals surface area contributed by atoms with Crippen molar-refractivity contribution in [3.63, 3.8) is 0 Å². The first-order valence-corrected chi connectivity index (χ1v) is 17.4. The van der Waals surface area contributed by atoms with Gasteiger partial charge in [0.1, 0.15) is 17.4 Å². The fraction of sp³-hybridized carbons (Fsp3) is 0.419. The number of nitrogens with one attached hydrogen (secondary N) is 1. The summed E-state index contributed by atoms with van der Waals surface area (Å²) in [5.41, 5.74) is 4.89. The van der Waals surface area contributed by atoms with Crippen molar-refractivity contribution in [3.05, 3.63) is 77.4 Å². The van der Waals surface area contributed by atoms with E-state index in [1.165, 1.54) is 12.1 Å². The van der Waals surface area contributed by atoms with E-state index in [9.17, 15) is 8.78 Å². The Morgan fingerprint density at radius 1 is 1.14 bits per heavy atom. The van der Waals surface area contributed by atoms with Gasteiger partial charge in [0.25, 0.3) is 0 Å². The van der Waals surface area contributed by atoms with Crippen LogP contribution in [0.1, 0.15) is 43.6 Å². The van der Waals surface area contributed by atoms with Gasteiger partial charge in [0.2, 0.25) is 0 Å². The lowest BCUT2D eigenvalue weighted by Gasteiger charge is -2.41. The largest absolute Gasteiger partial charge is 0.495 e. The third-order valence-electron chi connectivity index (χ3n) is 8.45. The van der Waals surface area contributed by atoms with Crippen molar-refractivity contribution in [1.82, 2.24) is 19.7 Å². The number of aromatic amines is 1. The van der Waals surface area contributed by atoms with E-state index in [2.05, 4.69) is 43.9 Å². The Bertz CT molecular complexity index is 1560. The summed E-state index contributed by atoms with van der Waals surface area (Å²) >= 11 is 6.88. The maximum atomic E-state index is 14.5. The summed E-state index contributed by atoms with van der Waals surface area (Å²) in [4.78, 5) is 6.35. The van der Waals surface area contributed by atoms with E-state index < -0.39 is 26.0 Å². The smallest absolute Gasteiger partial charge is 0.192 e. The van der Waals surface area contributed by atoms with Gasteiger partial charge in [-0.25, -0.2) is 13.8 Å². The van der Waals surface area contributed by atoms with Crippen LogP contribution in [0.15, 0.2) is 48.9 Å². The maximum Gasteiger partial charge on any atom is 0.192 e. The number of nitrogens with zero attached hydrogens (tertiary/aromatic N) is 4. The first-order valence-electron chi connectivity index (χ1n) is 14.0. The first kappa shape index (κ1) is 30.3. The Kier molecular flexibility index (Phi) is 8.26. The van der Waals surface area contributed by atoms with Crippen molar-refractivity contribution in [2.75, 3.05) is 25.2 Å². The van der Waals surface area contributed by atoms with Gasteiger partial charge in [-0.3, -0.25) is 5.10 Å². The molecule has 224 valence electrons. The van der Waals surface area contributed by atoms with Crippen LogP contribution >= 0.6 is 11.6 Å². The summed E-state index contributed by atoms with van der Waals surface area (Å²) in [6.45, 7) is 13.5. The highest BCUT2D eigenvalue weighted by Gasteiger charge is 2.40. The number of methoxy groups -OCH3 is 1. The normalized spacial score (nSPS) is 16.4. The Labute approximate surface area is 252 Å². The molecule has 2 aromatic carbocycles. The van der Waals surface area contributed by atoms with Crippen molar-refractivity contribution in [2.45, 2.75) is 63.7 Å². The van der Waals surface area contributed by atoms with E-state index in [1.54, 1.807) is 13.4 Å². The summed E-state index contributed by atoms with van der Waals surface area (Å²) in [7, 11) is -0.550. The predicted octanol–water partition coefficient (Wildman–Crippen LogP) is 7.59. The number of ether oxygens (including phenoxy) is 1. The Hall–Kier alpha value is -3.21. The summed E-state index contributed by atoms with van der Waals surface area (Å²) < 4.78 is 43.3. The molecule has 0 aliphatic carbocycles. The molecule has 4 aromatic rings. The van der Waals surface area contributed by atoms with Crippen LogP contribution in [0.25, 0.3) is 16.9 Å². The second-order valence-electron chi connectivity index (χ2n) is 12.5. The zero-order valence-electron chi connectivity index (χ0n) is 25.1. The van der Waals surface area contributed by atoms with Crippen molar-refractivity contribution in [2.24, 2.45) is 0 Å². The molecule has 5 rings (SSSR count). The molecule has 2 aromatic heterocycles. The van der Waals surface area contributed by atoms with Crippen LogP contribution in [0.4, 0.5) is 14.6 Å². The highest BCUT2D eigenvalue weighted by Crippen LogP contribution is 2.42. The van der Waals surface area contributed by atoms with Crippen LogP contribution in [0.2, 0.25) is 18.1 Å². The number of fused-ring (bicyclic) bond motifs is 1. The SMILES string of the molecule is COc1cc(-c2[nH]nc3c2CC(Cl)CN3C(CO[Si](C)(C)C(C)(C)C)c2cc(F)cc(F)c2)ccc1-n1cnc(C)c1. The number of imidazole rings is 1. The Balaban J connectivity index is 1.55. The molecule has 0 spiro atoms. The van der Waals surface area contributed by atoms with E-state index in [1.807, 2.05) is 40.8 Å². The van der Waals surface area contributed by atoms with Crippen molar-refractivity contribution >= 4 is 25.7 Å². The van der Waals surface area contributed by atoms with Crippen LogP contribution in [0.5, 0.6) is 5.75 Å². The summed E-state index contributed by atoms with van der Waals surface area (Å²) in [5, 5.41) is 7.66. The van der Waals surface area contributed by atoms with E-state index >= 15 is 0 Å². The monoisotopic (exact) mass is 613 g/mol. The van der Waals surface area contributed by atoms with Crippen molar-refractivity contribution < 1.29 is 17.9 Å². The van der Waals surface area contributed by atoms with E-state index in [0.717, 1.165) is 34.3 Å². The summed E-state index contributed by atoms with van der Waals surface area (Å²) in [6.07, 6.45) is 4.27. The standard InChI is InChI=1S/C31H38ClF2N5O2Si/c1-19-15-38(18-35-19)26-9-8-20(12-28(26)40-5)29-25-13-22(32)16-39(30(25)37-36-29)27(17-41-42(6,7)31(2,3)4)21-10-23(33)14-24(34)11-21/h8-12,14-15,18,22,27H,13,16-17H2,1-7H3,(H,36,37). The highest BCUT2D eigenvalue weighted by molar-refractivity contribution is 6.74. The molecule has 0 amide bonds. The zero-order valence-corrected chi connectivity index (χ0v) is 26.9. The van der Waals surface area contributed by atoms with Gasteiger partial charge in [0, 0.05) is 29.9 Å². The number of benzene rings is 2. The molecule has 2 unspecified atom stereocenters. The van der Waals surface area contributed by atoms with Gasteiger partial charge in [-0.1, -0.05) is 26.8 Å². The van der Waals surface area contributed by atoms with E-state index in [-0.39, 0.29) is 17.0 Å². The molecular formula is C31H38ClF2N5O2Si. The molecule has 1 aliphatic heterocycles. The number of halogens is 3. The Morgan fingerprint density at radius 3 is 2.48 bits per heavy atom. The first-order chi connectivity index (χ1) is 19.8. The Morgan fingerprint density at radius 2 is 1.86 bits per heavy atom. The number of hydrogen-bond donors (Lipinski definition) is 1. The lowest BCUT2D eigenvalue weighted by atomic mass is 9.97. The molecule has 1 aliphatic rings. The van der Waals surface area contributed by atoms with Gasteiger partial charge in [-0.05, 0) is 61.3 Å². The maximum absolute atomic E-state index is 14.5. The van der Waals surface area contributed by atoms with E-state index in [4.69, 9.17) is 25.9 Å². The molecule has 2 atom stereocenters. The number of anilines is 1. The fourth-order valence-corrected chi connectivity index (χ4v) is 6.43. The van der Waals surface area contributed by atoms with E-state index in [0.29, 0.717) is 30.1 Å². The summed E-state index contributed by atoms with van der Waals surface area (Å²) in [5.74, 6) is 0.109. The molecule has 0 radical (unpaired) electrons. The number of aromatic nitrogens is 4. The molecule has 7 nitrogen and oxygen atoms in total. The van der Waals surface area contributed by atoms with Crippen molar-refractivity contribution in [1.29, 1.82) is 0 Å². The van der Waals surface area contributed by atoms with Crippen LogP contribution < -0.4 is 9.64 Å². The molecule has 0 saturated carbocycles. The quantitative estimate of drug-likeness (QED) is 0.164. The zero-order chi connectivity index (χ0) is 30.4. The molecular weight excluding hydrogens is 576 g/mol. The van der Waals surface area contributed by atoms with Crippen molar-refractivity contribution in [3.8, 4) is 22.7 Å². The van der Waals surface area contributed by atoms with Crippen LogP contribution in [0.3, 0.4) is 0 Å². The fourth-order valence-electron chi connectivity index (χ4n) is 5.12. The number of alkyl halides is 1. The average molecular weight is 614 g/mol. The van der Waals surface area contributed by atoms with Crippen LogP contribution in [-0.4, -0.2) is 53.7 Å². The lowest BCUT2D eigenvalue weighted by Crippen LogP contribution is -2.46. The molecule has 3 heterocycles. The molecule has 0 bridgehead atoms.